The molecule has 8 heteroatoms. The number of nitrogens with zero attached hydrogens (tertiary/aromatic N) is 3. The maximum Gasteiger partial charge on any atom is 0.229 e. The number of rotatable bonds is 7. The Bertz CT molecular complexity index is 1200. The fourth-order valence-electron chi connectivity index (χ4n) is 3.43. The van der Waals surface area contributed by atoms with E-state index in [0.29, 0.717) is 12.3 Å². The van der Waals surface area contributed by atoms with Crippen molar-refractivity contribution in [1.82, 2.24) is 20.5 Å². The molecule has 1 amide bonds. The van der Waals surface area contributed by atoms with Gasteiger partial charge in [-0.2, -0.15) is 0 Å². The van der Waals surface area contributed by atoms with E-state index in [2.05, 4.69) is 33.7 Å². The molecular formula is C22H20N4O3S. The summed E-state index contributed by atoms with van der Waals surface area (Å²) in [5, 5.41) is 21.1. The predicted octanol–water partition coefficient (Wildman–Crippen LogP) is 3.12. The van der Waals surface area contributed by atoms with Gasteiger partial charge in [-0.25, -0.2) is 4.98 Å². The molecule has 2 heterocycles. The van der Waals surface area contributed by atoms with E-state index < -0.39 is 5.54 Å². The van der Waals surface area contributed by atoms with E-state index >= 15 is 0 Å². The summed E-state index contributed by atoms with van der Waals surface area (Å²) < 4.78 is 6.78. The molecule has 0 saturated heterocycles. The van der Waals surface area contributed by atoms with Gasteiger partial charge in [-0.05, 0) is 24.5 Å². The van der Waals surface area contributed by atoms with Crippen LogP contribution in [0.3, 0.4) is 0 Å². The molecule has 5 rings (SSSR count). The predicted molar refractivity (Wildman–Crippen MR) is 113 cm³/mol. The smallest absolute Gasteiger partial charge is 0.229 e. The molecule has 1 aliphatic rings. The van der Waals surface area contributed by atoms with Gasteiger partial charge in [-0.3, -0.25) is 4.79 Å². The van der Waals surface area contributed by atoms with Gasteiger partial charge in [0.1, 0.15) is 11.4 Å². The molecule has 7 nitrogen and oxygen atoms in total. The van der Waals surface area contributed by atoms with E-state index in [0.717, 1.165) is 39.2 Å². The molecule has 1 fully saturated rings. The fraction of sp³-hybridized carbons (Fsp3) is 0.273. The van der Waals surface area contributed by atoms with E-state index in [-0.39, 0.29) is 24.8 Å². The first kappa shape index (κ1) is 18.9. The number of carbonyl (C=O) groups is 1. The minimum atomic E-state index is -0.447. The van der Waals surface area contributed by atoms with Crippen molar-refractivity contribution < 1.29 is 14.3 Å². The summed E-state index contributed by atoms with van der Waals surface area (Å²) in [4.78, 5) is 16.8. The largest absolute Gasteiger partial charge is 0.424 e. The Hall–Kier alpha value is -3.10. The van der Waals surface area contributed by atoms with Crippen molar-refractivity contribution in [2.75, 3.05) is 6.61 Å². The third-order valence-corrected chi connectivity index (χ3v) is 6.33. The van der Waals surface area contributed by atoms with Crippen LogP contribution in [0.15, 0.2) is 52.9 Å². The van der Waals surface area contributed by atoms with Crippen LogP contribution in [0.2, 0.25) is 0 Å². The number of hydrogen-bond donors (Lipinski definition) is 2. The quantitative estimate of drug-likeness (QED) is 0.476. The number of carbonyl (C=O) groups excluding carboxylic acids is 1. The van der Waals surface area contributed by atoms with Crippen LogP contribution in [0.1, 0.15) is 29.6 Å². The summed E-state index contributed by atoms with van der Waals surface area (Å²) >= 11 is 1.61. The highest BCUT2D eigenvalue weighted by atomic mass is 32.1. The van der Waals surface area contributed by atoms with Crippen LogP contribution in [0.5, 0.6) is 0 Å². The average molecular weight is 420 g/mol. The molecule has 152 valence electrons. The van der Waals surface area contributed by atoms with E-state index in [1.165, 1.54) is 0 Å². The lowest BCUT2D eigenvalue weighted by molar-refractivity contribution is -0.122. The molecule has 0 bridgehead atoms. The summed E-state index contributed by atoms with van der Waals surface area (Å²) in [7, 11) is 0. The molecule has 0 aliphatic heterocycles. The van der Waals surface area contributed by atoms with Gasteiger partial charge in [0.15, 0.2) is 0 Å². The second kappa shape index (κ2) is 7.62. The zero-order valence-electron chi connectivity index (χ0n) is 16.2. The number of benzene rings is 2. The fourth-order valence-corrected chi connectivity index (χ4v) is 4.52. The molecule has 1 aliphatic carbocycles. The maximum absolute atomic E-state index is 12.1. The van der Waals surface area contributed by atoms with Gasteiger partial charge in [-0.15, -0.1) is 21.5 Å². The molecule has 2 aromatic heterocycles. The zero-order valence-corrected chi connectivity index (χ0v) is 17.0. The summed E-state index contributed by atoms with van der Waals surface area (Å²) in [6, 6.07) is 16.3. The zero-order chi connectivity index (χ0) is 20.6. The Morgan fingerprint density at radius 1 is 1.10 bits per heavy atom. The van der Waals surface area contributed by atoms with Gasteiger partial charge in [0.2, 0.25) is 17.7 Å². The lowest BCUT2D eigenvalue weighted by Crippen LogP contribution is -2.40. The summed E-state index contributed by atoms with van der Waals surface area (Å²) in [5.41, 5.74) is 2.80. The van der Waals surface area contributed by atoms with Crippen LogP contribution < -0.4 is 5.32 Å². The molecule has 4 aromatic rings. The van der Waals surface area contributed by atoms with Gasteiger partial charge in [0.05, 0.1) is 28.8 Å². The number of nitrogens with one attached hydrogen (secondary N) is 1. The normalized spacial score (nSPS) is 14.7. The Balaban J connectivity index is 1.31. The van der Waals surface area contributed by atoms with Gasteiger partial charge in [-0.1, -0.05) is 42.5 Å². The Kier molecular flexibility index (Phi) is 4.80. The average Bonchev–Trinajstić information content (AvgIpc) is 3.19. The minimum Gasteiger partial charge on any atom is -0.424 e. The second-order valence-corrected chi connectivity index (χ2v) is 8.64. The first-order valence-electron chi connectivity index (χ1n) is 9.81. The van der Waals surface area contributed by atoms with Crippen molar-refractivity contribution in [2.45, 2.75) is 31.2 Å². The number of fused-ring (bicyclic) bond motifs is 1. The van der Waals surface area contributed by atoms with Gasteiger partial charge in [0, 0.05) is 5.56 Å². The van der Waals surface area contributed by atoms with Gasteiger partial charge in [0.25, 0.3) is 0 Å². The van der Waals surface area contributed by atoms with Crippen molar-refractivity contribution in [3.05, 3.63) is 65.3 Å². The first-order valence-corrected chi connectivity index (χ1v) is 10.6. The summed E-state index contributed by atoms with van der Waals surface area (Å²) in [5.74, 6) is 0.480. The first-order chi connectivity index (χ1) is 14.6. The lowest BCUT2D eigenvalue weighted by atomic mass is 10.1. The number of aliphatic hydroxyl groups is 1. The van der Waals surface area contributed by atoms with Crippen LogP contribution in [0.25, 0.3) is 21.3 Å². The number of hydrogen-bond acceptors (Lipinski definition) is 7. The summed E-state index contributed by atoms with van der Waals surface area (Å²) in [6.07, 6.45) is 2.02. The highest BCUT2D eigenvalue weighted by Gasteiger charge is 2.43. The maximum atomic E-state index is 12.1. The molecular weight excluding hydrogens is 400 g/mol. The molecule has 0 atom stereocenters. The molecule has 0 spiro atoms. The van der Waals surface area contributed by atoms with Crippen molar-refractivity contribution >= 4 is 27.5 Å². The molecule has 2 N–H and O–H groups in total. The number of thiazole rings is 1. The van der Waals surface area contributed by atoms with Crippen molar-refractivity contribution in [3.8, 4) is 11.1 Å². The van der Waals surface area contributed by atoms with Crippen LogP contribution in [-0.2, 0) is 17.6 Å². The van der Waals surface area contributed by atoms with E-state index in [4.69, 9.17) is 9.40 Å². The Morgan fingerprint density at radius 3 is 2.67 bits per heavy atom. The van der Waals surface area contributed by atoms with E-state index in [1.807, 2.05) is 30.3 Å². The number of amides is 1. The molecule has 2 aromatic carbocycles. The van der Waals surface area contributed by atoms with Gasteiger partial charge < -0.3 is 14.8 Å². The van der Waals surface area contributed by atoms with Crippen LogP contribution in [0.4, 0.5) is 0 Å². The monoisotopic (exact) mass is 420 g/mol. The van der Waals surface area contributed by atoms with Crippen LogP contribution in [-0.4, -0.2) is 38.3 Å². The van der Waals surface area contributed by atoms with Crippen LogP contribution in [0, 0.1) is 0 Å². The Morgan fingerprint density at radius 2 is 1.90 bits per heavy atom. The molecule has 0 unspecified atom stereocenters. The van der Waals surface area contributed by atoms with E-state index in [9.17, 15) is 9.90 Å². The number of aromatic nitrogens is 3. The van der Waals surface area contributed by atoms with Crippen LogP contribution >= 0.6 is 11.3 Å². The third-order valence-electron chi connectivity index (χ3n) is 5.23. The highest BCUT2D eigenvalue weighted by Crippen LogP contribution is 2.35. The lowest BCUT2D eigenvalue weighted by Gasteiger charge is -2.12. The SMILES string of the molecule is O=C(Cc1nnc(Cc2nc3cccc(-c4ccccc4)c3s2)o1)NC1(CO)CC1. The highest BCUT2D eigenvalue weighted by molar-refractivity contribution is 7.19. The number of aliphatic hydroxyl groups excluding tert-OH is 1. The Labute approximate surface area is 176 Å². The molecule has 1 saturated carbocycles. The summed E-state index contributed by atoms with van der Waals surface area (Å²) in [6.45, 7) is -0.0452. The van der Waals surface area contributed by atoms with Gasteiger partial charge >= 0.3 is 0 Å². The standard InChI is InChI=1S/C22H20N4O3S/c27-13-22(9-10-22)24-17(28)11-18-25-26-19(29-18)12-20-23-16-8-4-7-15(21(16)30-20)14-5-2-1-3-6-14/h1-8,27H,9-13H2,(H,24,28). The van der Waals surface area contributed by atoms with Crippen molar-refractivity contribution in [3.63, 3.8) is 0 Å². The molecule has 30 heavy (non-hydrogen) atoms. The second-order valence-electron chi connectivity index (χ2n) is 7.56. The topological polar surface area (TPSA) is 101 Å². The molecule has 0 radical (unpaired) electrons. The third kappa shape index (κ3) is 3.83. The van der Waals surface area contributed by atoms with E-state index in [1.54, 1.807) is 11.3 Å². The van der Waals surface area contributed by atoms with Crippen molar-refractivity contribution in [1.29, 1.82) is 0 Å². The van der Waals surface area contributed by atoms with Crippen molar-refractivity contribution in [2.24, 2.45) is 0 Å². The minimum absolute atomic E-state index is 0.00670.